The third kappa shape index (κ3) is 5.07. The normalized spacial score (nSPS) is 13.7. The predicted molar refractivity (Wildman–Crippen MR) is 136 cm³/mol. The molecule has 0 spiro atoms. The quantitative estimate of drug-likeness (QED) is 0.406. The molecule has 0 fully saturated rings. The molecule has 3 heterocycles. The molecule has 3 amide bonds. The van der Waals surface area contributed by atoms with Crippen LogP contribution in [0.1, 0.15) is 11.1 Å². The lowest BCUT2D eigenvalue weighted by molar-refractivity contribution is 0.221. The van der Waals surface area contributed by atoms with Crippen LogP contribution in [0.5, 0.6) is 0 Å². The molecule has 0 aliphatic carbocycles. The van der Waals surface area contributed by atoms with Gasteiger partial charge in [-0.15, -0.1) is 0 Å². The Morgan fingerprint density at radius 1 is 1.11 bits per heavy atom. The molecule has 0 saturated carbocycles. The number of urea groups is 1. The maximum Gasteiger partial charge on any atom is 0.315 e. The summed E-state index contributed by atoms with van der Waals surface area (Å²) in [5.74, 6) is 1.92. The number of nitrogens with one attached hydrogen (secondary N) is 2. The molecule has 9 nitrogen and oxygen atoms in total. The largest absolute Gasteiger partial charge is 0.461 e. The molecule has 0 radical (unpaired) electrons. The number of hydrogen-bond donors (Lipinski definition) is 2. The highest BCUT2D eigenvalue weighted by atomic mass is 32.2. The number of thioether (sulfide) groups is 1. The van der Waals surface area contributed by atoms with Crippen molar-refractivity contribution in [1.29, 1.82) is 0 Å². The number of amides is 3. The number of aryl methyl sites for hydroxylation is 1. The summed E-state index contributed by atoms with van der Waals surface area (Å²) in [6.45, 7) is 1.00. The van der Waals surface area contributed by atoms with E-state index < -0.39 is 0 Å². The zero-order valence-electron chi connectivity index (χ0n) is 19.1. The van der Waals surface area contributed by atoms with E-state index in [4.69, 9.17) is 9.40 Å². The summed E-state index contributed by atoms with van der Waals surface area (Å²) < 4.78 is 7.49. The number of fused-ring (bicyclic) bond motifs is 1. The van der Waals surface area contributed by atoms with Gasteiger partial charge in [-0.2, -0.15) is 5.10 Å². The molecule has 0 atom stereocenters. The monoisotopic (exact) mass is 488 g/mol. The van der Waals surface area contributed by atoms with Gasteiger partial charge in [0.1, 0.15) is 0 Å². The maximum atomic E-state index is 12.4. The van der Waals surface area contributed by atoms with Gasteiger partial charge in [-0.3, -0.25) is 4.79 Å². The Bertz CT molecular complexity index is 1380. The van der Waals surface area contributed by atoms with Crippen molar-refractivity contribution < 1.29 is 14.0 Å². The minimum atomic E-state index is -0.289. The molecule has 2 aromatic carbocycles. The van der Waals surface area contributed by atoms with E-state index in [0.29, 0.717) is 18.1 Å². The highest BCUT2D eigenvalue weighted by molar-refractivity contribution is 8.14. The Morgan fingerprint density at radius 2 is 1.97 bits per heavy atom. The molecule has 0 unspecified atom stereocenters. The number of carbonyl (C=O) groups is 2. The lowest BCUT2D eigenvalue weighted by atomic mass is 10.1. The second-order valence-corrected chi connectivity index (χ2v) is 8.92. The molecule has 178 valence electrons. The van der Waals surface area contributed by atoms with Crippen LogP contribution in [-0.2, 0) is 13.6 Å². The number of carbonyl (C=O) groups excluding carboxylic acids is 2. The summed E-state index contributed by atoms with van der Waals surface area (Å²) in [5, 5.41) is 11.4. The Hall–Kier alpha value is -4.05. The van der Waals surface area contributed by atoms with Crippen molar-refractivity contribution in [3.63, 3.8) is 0 Å². The van der Waals surface area contributed by atoms with E-state index in [9.17, 15) is 9.59 Å². The Kier molecular flexibility index (Phi) is 6.53. The molecule has 2 N–H and O–H groups in total. The van der Waals surface area contributed by atoms with Crippen LogP contribution < -0.4 is 10.6 Å². The second-order valence-electron chi connectivity index (χ2n) is 7.99. The highest BCUT2D eigenvalue weighted by Crippen LogP contribution is 2.26. The Morgan fingerprint density at radius 3 is 2.77 bits per heavy atom. The van der Waals surface area contributed by atoms with Crippen molar-refractivity contribution in [1.82, 2.24) is 25.2 Å². The van der Waals surface area contributed by atoms with Crippen LogP contribution in [0.4, 0.5) is 9.59 Å². The molecule has 0 saturated heterocycles. The average molecular weight is 489 g/mol. The standard InChI is InChI=1S/C25H24N6O3S/c1-30-21-10-9-18(14-19(21)28-23(30)22-8-5-13-34-22)20-16-35-25(33)31(29-20)12-11-26-24(32)27-15-17-6-3-2-4-7-17/h2-10,13-14H,11-12,15-16H2,1H3,(H2,26,27,32). The highest BCUT2D eigenvalue weighted by Gasteiger charge is 2.23. The molecular weight excluding hydrogens is 464 g/mol. The summed E-state index contributed by atoms with van der Waals surface area (Å²) in [7, 11) is 1.95. The molecule has 10 heteroatoms. The lowest BCUT2D eigenvalue weighted by Crippen LogP contribution is -2.41. The van der Waals surface area contributed by atoms with Crippen LogP contribution in [-0.4, -0.2) is 50.4 Å². The topological polar surface area (TPSA) is 105 Å². The van der Waals surface area contributed by atoms with Crippen molar-refractivity contribution in [3.8, 4) is 11.6 Å². The van der Waals surface area contributed by atoms with E-state index in [-0.39, 0.29) is 24.4 Å². The first-order chi connectivity index (χ1) is 17.1. The third-order valence-electron chi connectivity index (χ3n) is 5.65. The van der Waals surface area contributed by atoms with Gasteiger partial charge in [0.15, 0.2) is 11.6 Å². The summed E-state index contributed by atoms with van der Waals surface area (Å²) in [6.07, 6.45) is 1.63. The molecule has 1 aliphatic heterocycles. The van der Waals surface area contributed by atoms with Gasteiger partial charge in [0.05, 0.1) is 29.6 Å². The lowest BCUT2D eigenvalue weighted by Gasteiger charge is -2.23. The molecule has 0 bridgehead atoms. The number of imidazole rings is 1. The Balaban J connectivity index is 1.23. The fourth-order valence-electron chi connectivity index (χ4n) is 3.82. The van der Waals surface area contributed by atoms with Gasteiger partial charge in [0.2, 0.25) is 0 Å². The van der Waals surface area contributed by atoms with Gasteiger partial charge in [-0.25, -0.2) is 14.8 Å². The summed E-state index contributed by atoms with van der Waals surface area (Å²) in [6, 6.07) is 19.0. The SMILES string of the molecule is Cn1c(-c2ccco2)nc2cc(C3=NN(CCNC(=O)NCc4ccccc4)C(=O)SC3)ccc21. The van der Waals surface area contributed by atoms with E-state index in [0.717, 1.165) is 33.7 Å². The molecule has 2 aromatic heterocycles. The first-order valence-electron chi connectivity index (χ1n) is 11.2. The van der Waals surface area contributed by atoms with Gasteiger partial charge in [0.25, 0.3) is 0 Å². The zero-order valence-corrected chi connectivity index (χ0v) is 19.9. The number of hydrazone groups is 1. The fraction of sp³-hybridized carbons (Fsp3) is 0.200. The van der Waals surface area contributed by atoms with Crippen LogP contribution in [0.2, 0.25) is 0 Å². The predicted octanol–water partition coefficient (Wildman–Crippen LogP) is 4.21. The smallest absolute Gasteiger partial charge is 0.315 e. The van der Waals surface area contributed by atoms with Crippen molar-refractivity contribution in [2.45, 2.75) is 6.54 Å². The number of furan rings is 1. The first kappa shape index (κ1) is 22.7. The second kappa shape index (κ2) is 10.1. The summed E-state index contributed by atoms with van der Waals surface area (Å²) in [4.78, 5) is 29.2. The van der Waals surface area contributed by atoms with Crippen LogP contribution in [0, 0.1) is 0 Å². The van der Waals surface area contributed by atoms with E-state index in [2.05, 4.69) is 15.7 Å². The van der Waals surface area contributed by atoms with Crippen molar-refractivity contribution >= 4 is 39.8 Å². The van der Waals surface area contributed by atoms with Gasteiger partial charge in [-0.1, -0.05) is 48.2 Å². The molecular formula is C25H24N6O3S. The van der Waals surface area contributed by atoms with Crippen LogP contribution in [0.25, 0.3) is 22.6 Å². The third-order valence-corrected chi connectivity index (χ3v) is 6.52. The van der Waals surface area contributed by atoms with Gasteiger partial charge < -0.3 is 19.6 Å². The van der Waals surface area contributed by atoms with Crippen LogP contribution >= 0.6 is 11.8 Å². The molecule has 1 aliphatic rings. The van der Waals surface area contributed by atoms with Crippen molar-refractivity contribution in [2.24, 2.45) is 12.1 Å². The molecule has 5 rings (SSSR count). The first-order valence-corrected chi connectivity index (χ1v) is 12.1. The number of nitrogens with zero attached hydrogens (tertiary/aromatic N) is 4. The van der Waals surface area contributed by atoms with Gasteiger partial charge >= 0.3 is 11.3 Å². The van der Waals surface area contributed by atoms with Crippen molar-refractivity contribution in [2.75, 3.05) is 18.8 Å². The van der Waals surface area contributed by atoms with Gasteiger partial charge in [0, 0.05) is 31.5 Å². The van der Waals surface area contributed by atoms with Gasteiger partial charge in [-0.05, 0) is 29.8 Å². The van der Waals surface area contributed by atoms with E-state index in [1.54, 1.807) is 6.26 Å². The summed E-state index contributed by atoms with van der Waals surface area (Å²) in [5.41, 5.74) is 4.50. The average Bonchev–Trinajstić information content (AvgIpc) is 3.52. The van der Waals surface area contributed by atoms with Crippen LogP contribution in [0.3, 0.4) is 0 Å². The Labute approximate surface area is 206 Å². The fourth-order valence-corrected chi connectivity index (χ4v) is 4.59. The van der Waals surface area contributed by atoms with E-state index in [1.807, 2.05) is 72.3 Å². The van der Waals surface area contributed by atoms with Crippen LogP contribution in [0.15, 0.2) is 76.4 Å². The van der Waals surface area contributed by atoms with E-state index in [1.165, 1.54) is 16.8 Å². The van der Waals surface area contributed by atoms with Crippen molar-refractivity contribution in [3.05, 3.63) is 78.1 Å². The summed E-state index contributed by atoms with van der Waals surface area (Å²) >= 11 is 1.19. The van der Waals surface area contributed by atoms with E-state index >= 15 is 0 Å². The minimum Gasteiger partial charge on any atom is -0.461 e. The number of rotatable bonds is 7. The molecule has 35 heavy (non-hydrogen) atoms. The number of aromatic nitrogens is 2. The number of benzene rings is 2. The minimum absolute atomic E-state index is 0.140. The zero-order chi connectivity index (χ0) is 24.2. The molecule has 4 aromatic rings. The number of hydrogen-bond acceptors (Lipinski definition) is 6. The maximum absolute atomic E-state index is 12.4.